The van der Waals surface area contributed by atoms with E-state index in [1.54, 1.807) is 13.8 Å². The molecular weight excluding hydrogens is 238 g/mol. The summed E-state index contributed by atoms with van der Waals surface area (Å²) in [5, 5.41) is 5.71. The molecule has 5 heteroatoms. The monoisotopic (exact) mass is 256 g/mol. The smallest absolute Gasteiger partial charge is 0.236 e. The van der Waals surface area contributed by atoms with E-state index >= 15 is 0 Å². The van der Waals surface area contributed by atoms with Crippen LogP contribution < -0.4 is 10.6 Å². The molecule has 1 amide bonds. The van der Waals surface area contributed by atoms with Gasteiger partial charge in [-0.2, -0.15) is 0 Å². The van der Waals surface area contributed by atoms with E-state index in [0.717, 1.165) is 12.1 Å². The van der Waals surface area contributed by atoms with Crippen LogP contribution in [0.1, 0.15) is 32.4 Å². The van der Waals surface area contributed by atoms with Gasteiger partial charge in [0.15, 0.2) is 11.6 Å². The highest BCUT2D eigenvalue weighted by molar-refractivity contribution is 5.81. The van der Waals surface area contributed by atoms with Crippen molar-refractivity contribution in [1.29, 1.82) is 0 Å². The van der Waals surface area contributed by atoms with Crippen molar-refractivity contribution in [3.8, 4) is 0 Å². The van der Waals surface area contributed by atoms with Crippen molar-refractivity contribution < 1.29 is 13.6 Å². The summed E-state index contributed by atoms with van der Waals surface area (Å²) in [5.41, 5.74) is 0.602. The average Bonchev–Trinajstić information content (AvgIpc) is 2.32. The molecule has 0 aromatic heterocycles. The molecule has 0 bridgehead atoms. The van der Waals surface area contributed by atoms with Gasteiger partial charge in [0.1, 0.15) is 0 Å². The average molecular weight is 256 g/mol. The maximum Gasteiger partial charge on any atom is 0.236 e. The molecule has 0 saturated heterocycles. The minimum atomic E-state index is -0.883. The Hall–Kier alpha value is -1.49. The summed E-state index contributed by atoms with van der Waals surface area (Å²) in [6, 6.07) is 3.09. The second-order valence-corrected chi connectivity index (χ2v) is 4.18. The summed E-state index contributed by atoms with van der Waals surface area (Å²) in [5.74, 6) is -1.87. The summed E-state index contributed by atoms with van der Waals surface area (Å²) in [4.78, 5) is 11.5. The van der Waals surface area contributed by atoms with Gasteiger partial charge in [-0.3, -0.25) is 10.1 Å². The number of carbonyl (C=O) groups excluding carboxylic acids is 1. The van der Waals surface area contributed by atoms with Crippen LogP contribution in [0.3, 0.4) is 0 Å². The largest absolute Gasteiger partial charge is 0.355 e. The van der Waals surface area contributed by atoms with Crippen LogP contribution in [0, 0.1) is 11.6 Å². The molecular formula is C13H18F2N2O. The van der Waals surface area contributed by atoms with Gasteiger partial charge in [0.25, 0.3) is 0 Å². The van der Waals surface area contributed by atoms with E-state index in [1.807, 2.05) is 6.92 Å². The number of nitrogens with one attached hydrogen (secondary N) is 2. The Bertz CT molecular complexity index is 423. The van der Waals surface area contributed by atoms with Crippen molar-refractivity contribution >= 4 is 5.91 Å². The Labute approximate surface area is 106 Å². The maximum atomic E-state index is 13.1. The molecule has 0 aliphatic carbocycles. The SMILES string of the molecule is CCNC(=O)C(C)NC(C)c1ccc(F)c(F)c1. The summed E-state index contributed by atoms with van der Waals surface area (Å²) < 4.78 is 25.9. The predicted molar refractivity (Wildman–Crippen MR) is 66.1 cm³/mol. The number of benzene rings is 1. The normalized spacial score (nSPS) is 14.1. The van der Waals surface area contributed by atoms with Crippen molar-refractivity contribution in [3.63, 3.8) is 0 Å². The molecule has 18 heavy (non-hydrogen) atoms. The van der Waals surface area contributed by atoms with E-state index < -0.39 is 17.7 Å². The lowest BCUT2D eigenvalue weighted by Gasteiger charge is -2.19. The van der Waals surface area contributed by atoms with Gasteiger partial charge >= 0.3 is 0 Å². The zero-order chi connectivity index (χ0) is 13.7. The first-order valence-corrected chi connectivity index (χ1v) is 5.94. The molecule has 1 aromatic rings. The topological polar surface area (TPSA) is 41.1 Å². The highest BCUT2D eigenvalue weighted by atomic mass is 19.2. The third-order valence-electron chi connectivity index (χ3n) is 2.69. The summed E-state index contributed by atoms with van der Waals surface area (Å²) in [6.45, 7) is 5.91. The lowest BCUT2D eigenvalue weighted by atomic mass is 10.1. The van der Waals surface area contributed by atoms with Gasteiger partial charge in [-0.15, -0.1) is 0 Å². The van der Waals surface area contributed by atoms with Crippen molar-refractivity contribution in [2.75, 3.05) is 6.54 Å². The maximum absolute atomic E-state index is 13.1. The van der Waals surface area contributed by atoms with Crippen molar-refractivity contribution in [2.24, 2.45) is 0 Å². The van der Waals surface area contributed by atoms with Crippen LogP contribution in [-0.2, 0) is 4.79 Å². The van der Waals surface area contributed by atoms with Gasteiger partial charge in [0, 0.05) is 12.6 Å². The number of carbonyl (C=O) groups is 1. The fraction of sp³-hybridized carbons (Fsp3) is 0.462. The number of halogens is 2. The van der Waals surface area contributed by atoms with E-state index in [0.29, 0.717) is 12.1 Å². The molecule has 3 nitrogen and oxygen atoms in total. The van der Waals surface area contributed by atoms with Gasteiger partial charge < -0.3 is 5.32 Å². The van der Waals surface area contributed by atoms with Crippen LogP contribution in [0.15, 0.2) is 18.2 Å². The molecule has 100 valence electrons. The quantitative estimate of drug-likeness (QED) is 0.847. The summed E-state index contributed by atoms with van der Waals surface area (Å²) in [6.07, 6.45) is 0. The Morgan fingerprint density at radius 1 is 1.28 bits per heavy atom. The van der Waals surface area contributed by atoms with Crippen molar-refractivity contribution in [2.45, 2.75) is 32.9 Å². The van der Waals surface area contributed by atoms with Crippen LogP contribution in [0.25, 0.3) is 0 Å². The number of amides is 1. The molecule has 1 rings (SSSR count). The molecule has 2 N–H and O–H groups in total. The van der Waals surface area contributed by atoms with Crippen LogP contribution in [-0.4, -0.2) is 18.5 Å². The molecule has 0 saturated carbocycles. The second-order valence-electron chi connectivity index (χ2n) is 4.18. The molecule has 0 aliphatic heterocycles. The van der Waals surface area contributed by atoms with E-state index in [2.05, 4.69) is 10.6 Å². The summed E-state index contributed by atoms with van der Waals surface area (Å²) in [7, 11) is 0. The van der Waals surface area contributed by atoms with E-state index in [1.165, 1.54) is 6.07 Å². The minimum Gasteiger partial charge on any atom is -0.355 e. The van der Waals surface area contributed by atoms with Gasteiger partial charge in [-0.25, -0.2) is 8.78 Å². The van der Waals surface area contributed by atoms with Crippen molar-refractivity contribution in [3.05, 3.63) is 35.4 Å². The Balaban J connectivity index is 2.67. The second kappa shape index (κ2) is 6.44. The predicted octanol–water partition coefficient (Wildman–Crippen LogP) is 2.14. The third kappa shape index (κ3) is 3.77. The van der Waals surface area contributed by atoms with Gasteiger partial charge in [0.05, 0.1) is 6.04 Å². The highest BCUT2D eigenvalue weighted by Crippen LogP contribution is 2.16. The van der Waals surface area contributed by atoms with E-state index in [9.17, 15) is 13.6 Å². The number of likely N-dealkylation sites (N-methyl/N-ethyl adjacent to an activating group) is 1. The first kappa shape index (κ1) is 14.6. The van der Waals surface area contributed by atoms with Crippen LogP contribution in [0.2, 0.25) is 0 Å². The number of rotatable bonds is 5. The Kier molecular flexibility index (Phi) is 5.22. The molecule has 0 radical (unpaired) electrons. The van der Waals surface area contributed by atoms with E-state index in [4.69, 9.17) is 0 Å². The molecule has 0 fully saturated rings. The highest BCUT2D eigenvalue weighted by Gasteiger charge is 2.16. The van der Waals surface area contributed by atoms with Gasteiger partial charge in [-0.05, 0) is 38.5 Å². The molecule has 2 atom stereocenters. The molecule has 2 unspecified atom stereocenters. The lowest BCUT2D eigenvalue weighted by Crippen LogP contribution is -2.43. The molecule has 1 aromatic carbocycles. The zero-order valence-corrected chi connectivity index (χ0v) is 10.8. The Morgan fingerprint density at radius 3 is 2.50 bits per heavy atom. The molecule has 0 spiro atoms. The van der Waals surface area contributed by atoms with Crippen LogP contribution in [0.4, 0.5) is 8.78 Å². The fourth-order valence-electron chi connectivity index (χ4n) is 1.66. The zero-order valence-electron chi connectivity index (χ0n) is 10.8. The third-order valence-corrected chi connectivity index (χ3v) is 2.69. The van der Waals surface area contributed by atoms with E-state index in [-0.39, 0.29) is 11.9 Å². The van der Waals surface area contributed by atoms with Crippen molar-refractivity contribution in [1.82, 2.24) is 10.6 Å². The summed E-state index contributed by atoms with van der Waals surface area (Å²) >= 11 is 0. The first-order valence-electron chi connectivity index (χ1n) is 5.94. The number of hydrogen-bond acceptors (Lipinski definition) is 2. The van der Waals surface area contributed by atoms with Gasteiger partial charge in [0.2, 0.25) is 5.91 Å². The van der Waals surface area contributed by atoms with Gasteiger partial charge in [-0.1, -0.05) is 6.07 Å². The van der Waals surface area contributed by atoms with Crippen LogP contribution >= 0.6 is 0 Å². The molecule has 0 aliphatic rings. The standard InChI is InChI=1S/C13H18F2N2O/c1-4-16-13(18)9(3)17-8(2)10-5-6-11(14)12(15)7-10/h5-9,17H,4H2,1-3H3,(H,16,18). The van der Waals surface area contributed by atoms with Crippen LogP contribution in [0.5, 0.6) is 0 Å². The number of hydrogen-bond donors (Lipinski definition) is 2. The first-order chi connectivity index (χ1) is 8.45. The minimum absolute atomic E-state index is 0.119. The molecule has 0 heterocycles. The lowest BCUT2D eigenvalue weighted by molar-refractivity contribution is -0.122. The Morgan fingerprint density at radius 2 is 1.94 bits per heavy atom. The fourth-order valence-corrected chi connectivity index (χ4v) is 1.66.